The first kappa shape index (κ1) is 14.4. The predicted octanol–water partition coefficient (Wildman–Crippen LogP) is 2.42. The summed E-state index contributed by atoms with van der Waals surface area (Å²) in [5, 5.41) is 13.7. The fourth-order valence-electron chi connectivity index (χ4n) is 1.46. The van der Waals surface area contributed by atoms with Gasteiger partial charge in [-0.05, 0) is 13.0 Å². The highest BCUT2D eigenvalue weighted by Gasteiger charge is 2.16. The van der Waals surface area contributed by atoms with Crippen LogP contribution in [0, 0.1) is 22.9 Å². The molecule has 1 rings (SSSR count). The molecule has 1 aromatic rings. The van der Waals surface area contributed by atoms with Crippen LogP contribution in [0.2, 0.25) is 0 Å². The Morgan fingerprint density at radius 3 is 2.72 bits per heavy atom. The van der Waals surface area contributed by atoms with E-state index in [1.807, 2.05) is 13.8 Å². The Morgan fingerprint density at radius 1 is 1.50 bits per heavy atom. The lowest BCUT2D eigenvalue weighted by Gasteiger charge is -2.10. The number of halogens is 1. The van der Waals surface area contributed by atoms with E-state index >= 15 is 0 Å². The molecular weight excluding hydrogens is 239 g/mol. The Hall–Kier alpha value is -1.69. The zero-order chi connectivity index (χ0) is 13.7. The first-order valence-corrected chi connectivity index (χ1v) is 5.72. The molecule has 0 unspecified atom stereocenters. The summed E-state index contributed by atoms with van der Waals surface area (Å²) >= 11 is 0. The smallest absolute Gasteiger partial charge is 0.275 e. The summed E-state index contributed by atoms with van der Waals surface area (Å²) in [6, 6.07) is 2.57. The molecule has 0 radical (unpaired) electrons. The largest absolute Gasteiger partial charge is 0.489 e. The number of nitrogens with zero attached hydrogens (tertiary/aromatic N) is 1. The van der Waals surface area contributed by atoms with Crippen molar-refractivity contribution in [3.63, 3.8) is 0 Å². The van der Waals surface area contributed by atoms with E-state index < -0.39 is 10.7 Å². The monoisotopic (exact) mass is 256 g/mol. The zero-order valence-electron chi connectivity index (χ0n) is 10.7. The molecule has 0 atom stereocenters. The molecule has 0 heterocycles. The molecule has 5 nitrogen and oxygen atoms in total. The molecule has 6 heteroatoms. The second kappa shape index (κ2) is 6.30. The Labute approximate surface area is 105 Å². The highest BCUT2D eigenvalue weighted by molar-refractivity contribution is 5.45. The van der Waals surface area contributed by atoms with Gasteiger partial charge in [0, 0.05) is 18.2 Å². The van der Waals surface area contributed by atoms with Gasteiger partial charge in [0.15, 0.2) is 11.6 Å². The van der Waals surface area contributed by atoms with Crippen molar-refractivity contribution in [2.24, 2.45) is 0 Å². The first-order chi connectivity index (χ1) is 8.41. The standard InChI is InChI=1S/C12H17FN2O3/c1-8(2)14-4-5-18-12-6-9(3)11(15(16)17)7-10(12)13/h6-8,14H,4-5H2,1-3H3. The first-order valence-electron chi connectivity index (χ1n) is 5.72. The number of benzene rings is 1. The van der Waals surface area contributed by atoms with Gasteiger partial charge >= 0.3 is 0 Å². The number of hydrogen-bond donors (Lipinski definition) is 1. The van der Waals surface area contributed by atoms with Crippen molar-refractivity contribution in [3.05, 3.63) is 33.6 Å². The SMILES string of the molecule is Cc1cc(OCCNC(C)C)c(F)cc1[N+](=O)[O-]. The molecule has 0 aliphatic rings. The lowest BCUT2D eigenvalue weighted by atomic mass is 10.2. The van der Waals surface area contributed by atoms with Crippen molar-refractivity contribution in [1.82, 2.24) is 5.32 Å². The number of nitro groups is 1. The maximum atomic E-state index is 13.5. The van der Waals surface area contributed by atoms with Crippen molar-refractivity contribution >= 4 is 5.69 Å². The van der Waals surface area contributed by atoms with Crippen molar-refractivity contribution < 1.29 is 14.1 Å². The van der Waals surface area contributed by atoms with Gasteiger partial charge < -0.3 is 10.1 Å². The lowest BCUT2D eigenvalue weighted by molar-refractivity contribution is -0.385. The molecule has 0 aromatic heterocycles. The summed E-state index contributed by atoms with van der Waals surface area (Å²) in [6.07, 6.45) is 0. The normalized spacial score (nSPS) is 10.7. The number of ether oxygens (including phenoxy) is 1. The number of nitrogens with one attached hydrogen (secondary N) is 1. The molecule has 100 valence electrons. The van der Waals surface area contributed by atoms with Crippen LogP contribution in [-0.4, -0.2) is 24.1 Å². The molecular formula is C12H17FN2O3. The third-order valence-electron chi connectivity index (χ3n) is 2.36. The van der Waals surface area contributed by atoms with Crippen LogP contribution in [0.15, 0.2) is 12.1 Å². The molecule has 0 saturated heterocycles. The molecule has 0 aliphatic heterocycles. The summed E-state index contributed by atoms with van der Waals surface area (Å²) in [4.78, 5) is 10.0. The summed E-state index contributed by atoms with van der Waals surface area (Å²) in [6.45, 7) is 6.45. The molecule has 18 heavy (non-hydrogen) atoms. The quantitative estimate of drug-likeness (QED) is 0.482. The average molecular weight is 256 g/mol. The van der Waals surface area contributed by atoms with E-state index in [-0.39, 0.29) is 11.4 Å². The van der Waals surface area contributed by atoms with E-state index in [0.717, 1.165) is 6.07 Å². The van der Waals surface area contributed by atoms with Gasteiger partial charge in [-0.1, -0.05) is 13.8 Å². The van der Waals surface area contributed by atoms with Crippen LogP contribution in [0.1, 0.15) is 19.4 Å². The fraction of sp³-hybridized carbons (Fsp3) is 0.500. The van der Waals surface area contributed by atoms with Crippen LogP contribution in [0.4, 0.5) is 10.1 Å². The van der Waals surface area contributed by atoms with Gasteiger partial charge in [-0.15, -0.1) is 0 Å². The van der Waals surface area contributed by atoms with Crippen LogP contribution < -0.4 is 10.1 Å². The number of aryl methyl sites for hydroxylation is 1. The van der Waals surface area contributed by atoms with Crippen LogP contribution in [-0.2, 0) is 0 Å². The second-order valence-electron chi connectivity index (χ2n) is 4.28. The third-order valence-corrected chi connectivity index (χ3v) is 2.36. The molecule has 1 aromatic carbocycles. The molecule has 0 fully saturated rings. The van der Waals surface area contributed by atoms with Gasteiger partial charge in [-0.3, -0.25) is 10.1 Å². The zero-order valence-corrected chi connectivity index (χ0v) is 10.7. The van der Waals surface area contributed by atoms with Crippen molar-refractivity contribution in [3.8, 4) is 5.75 Å². The van der Waals surface area contributed by atoms with E-state index in [2.05, 4.69) is 5.32 Å². The van der Waals surface area contributed by atoms with Gasteiger partial charge in [-0.25, -0.2) is 4.39 Å². The van der Waals surface area contributed by atoms with E-state index in [1.165, 1.54) is 6.07 Å². The van der Waals surface area contributed by atoms with E-state index in [0.29, 0.717) is 24.8 Å². The highest BCUT2D eigenvalue weighted by Crippen LogP contribution is 2.26. The Kier molecular flexibility index (Phi) is 5.03. The van der Waals surface area contributed by atoms with Crippen LogP contribution in [0.3, 0.4) is 0 Å². The minimum absolute atomic E-state index is 0.0451. The van der Waals surface area contributed by atoms with E-state index in [9.17, 15) is 14.5 Å². The number of hydrogen-bond acceptors (Lipinski definition) is 4. The summed E-state index contributed by atoms with van der Waals surface area (Å²) in [5.74, 6) is -0.666. The molecule has 0 spiro atoms. The minimum atomic E-state index is -0.711. The van der Waals surface area contributed by atoms with Gasteiger partial charge in [0.2, 0.25) is 0 Å². The summed E-state index contributed by atoms with van der Waals surface area (Å²) < 4.78 is 18.8. The molecule has 0 saturated carbocycles. The van der Waals surface area contributed by atoms with Crippen molar-refractivity contribution in [2.45, 2.75) is 26.8 Å². The number of nitro benzene ring substituents is 1. The lowest BCUT2D eigenvalue weighted by Crippen LogP contribution is -2.27. The predicted molar refractivity (Wildman–Crippen MR) is 66.4 cm³/mol. The Bertz CT molecular complexity index is 436. The highest BCUT2D eigenvalue weighted by atomic mass is 19.1. The number of rotatable bonds is 6. The van der Waals surface area contributed by atoms with E-state index in [1.54, 1.807) is 6.92 Å². The van der Waals surface area contributed by atoms with Crippen molar-refractivity contribution in [2.75, 3.05) is 13.2 Å². The van der Waals surface area contributed by atoms with Crippen LogP contribution in [0.5, 0.6) is 5.75 Å². The van der Waals surface area contributed by atoms with E-state index in [4.69, 9.17) is 4.74 Å². The Morgan fingerprint density at radius 2 is 2.17 bits per heavy atom. The molecule has 0 bridgehead atoms. The van der Waals surface area contributed by atoms with Gasteiger partial charge in [0.25, 0.3) is 5.69 Å². The maximum absolute atomic E-state index is 13.5. The fourth-order valence-corrected chi connectivity index (χ4v) is 1.46. The Balaban J connectivity index is 2.67. The van der Waals surface area contributed by atoms with Gasteiger partial charge in [0.1, 0.15) is 6.61 Å². The van der Waals surface area contributed by atoms with Crippen molar-refractivity contribution in [1.29, 1.82) is 0 Å². The third kappa shape index (κ3) is 3.96. The minimum Gasteiger partial charge on any atom is -0.489 e. The molecule has 1 N–H and O–H groups in total. The second-order valence-corrected chi connectivity index (χ2v) is 4.28. The van der Waals surface area contributed by atoms with Gasteiger partial charge in [0.05, 0.1) is 11.0 Å². The molecule has 0 aliphatic carbocycles. The summed E-state index contributed by atoms with van der Waals surface area (Å²) in [7, 11) is 0. The van der Waals surface area contributed by atoms with Crippen LogP contribution in [0.25, 0.3) is 0 Å². The topological polar surface area (TPSA) is 64.4 Å². The van der Waals surface area contributed by atoms with Crippen LogP contribution >= 0.6 is 0 Å². The van der Waals surface area contributed by atoms with Gasteiger partial charge in [-0.2, -0.15) is 0 Å². The average Bonchev–Trinajstić information content (AvgIpc) is 2.27. The summed E-state index contributed by atoms with van der Waals surface area (Å²) in [5.41, 5.74) is 0.147. The maximum Gasteiger partial charge on any atom is 0.275 e. The molecule has 0 amide bonds.